The van der Waals surface area contributed by atoms with Crippen LogP contribution in [0.2, 0.25) is 0 Å². The Morgan fingerprint density at radius 1 is 1.00 bits per heavy atom. The van der Waals surface area contributed by atoms with Crippen LogP contribution in [0.5, 0.6) is 0 Å². The molecule has 0 fully saturated rings. The Morgan fingerprint density at radius 2 is 1.81 bits per heavy atom. The molecule has 0 amide bonds. The van der Waals surface area contributed by atoms with E-state index < -0.39 is 0 Å². The molecular weight excluding hydrogens is 258 g/mol. The summed E-state index contributed by atoms with van der Waals surface area (Å²) in [6.45, 7) is 0.606. The largest absolute Gasteiger partial charge is 0.370 e. The summed E-state index contributed by atoms with van der Waals surface area (Å²) in [7, 11) is 0. The van der Waals surface area contributed by atoms with Crippen molar-refractivity contribution in [1.29, 1.82) is 0 Å². The van der Waals surface area contributed by atoms with Crippen molar-refractivity contribution in [1.82, 2.24) is 0 Å². The molecule has 0 unspecified atom stereocenters. The Bertz CT molecular complexity index is 632. The minimum Gasteiger partial charge on any atom is -0.370 e. The number of nitrogens with zero attached hydrogens (tertiary/aromatic N) is 1. The standard InChI is InChI=1S/C18H21N3/c19-18(20-13-14-7-2-1-3-8-14)21-17-12-6-10-15-9-4-5-11-16(15)17/h1-3,6-8,10,12H,4-5,9,11,13H2,(H3,19,20,21). The molecule has 1 aliphatic rings. The molecule has 0 bridgehead atoms. The molecule has 2 aromatic rings. The average molecular weight is 279 g/mol. The highest BCUT2D eigenvalue weighted by Gasteiger charge is 2.12. The lowest BCUT2D eigenvalue weighted by molar-refractivity contribution is 0.687. The van der Waals surface area contributed by atoms with Crippen molar-refractivity contribution >= 4 is 11.6 Å². The highest BCUT2D eigenvalue weighted by molar-refractivity contribution is 5.93. The zero-order valence-electron chi connectivity index (χ0n) is 12.2. The SMILES string of the molecule is NC(=NCc1ccccc1)Nc1cccc2c1CCCC2. The number of guanidine groups is 1. The Balaban J connectivity index is 1.71. The second-order valence-electron chi connectivity index (χ2n) is 5.46. The van der Waals surface area contributed by atoms with Gasteiger partial charge >= 0.3 is 0 Å². The number of rotatable bonds is 3. The molecule has 21 heavy (non-hydrogen) atoms. The first-order valence-electron chi connectivity index (χ1n) is 7.54. The molecule has 0 aromatic heterocycles. The van der Waals surface area contributed by atoms with Crippen molar-refractivity contribution in [2.75, 3.05) is 5.32 Å². The summed E-state index contributed by atoms with van der Waals surface area (Å²) >= 11 is 0. The van der Waals surface area contributed by atoms with Crippen molar-refractivity contribution in [2.45, 2.75) is 32.2 Å². The van der Waals surface area contributed by atoms with Crippen LogP contribution in [0.1, 0.15) is 29.5 Å². The number of hydrogen-bond acceptors (Lipinski definition) is 1. The molecule has 0 radical (unpaired) electrons. The molecule has 3 nitrogen and oxygen atoms in total. The molecule has 0 spiro atoms. The predicted molar refractivity (Wildman–Crippen MR) is 88.5 cm³/mol. The highest BCUT2D eigenvalue weighted by Crippen LogP contribution is 2.27. The van der Waals surface area contributed by atoms with Gasteiger partial charge in [0.1, 0.15) is 0 Å². The second-order valence-corrected chi connectivity index (χ2v) is 5.46. The van der Waals surface area contributed by atoms with Crippen LogP contribution < -0.4 is 11.1 Å². The topological polar surface area (TPSA) is 50.4 Å². The van der Waals surface area contributed by atoms with E-state index in [4.69, 9.17) is 5.73 Å². The van der Waals surface area contributed by atoms with E-state index in [1.165, 1.54) is 30.4 Å². The maximum atomic E-state index is 6.03. The summed E-state index contributed by atoms with van der Waals surface area (Å²) in [5, 5.41) is 3.27. The summed E-state index contributed by atoms with van der Waals surface area (Å²) < 4.78 is 0. The number of aryl methyl sites for hydroxylation is 1. The van der Waals surface area contributed by atoms with E-state index in [1.54, 1.807) is 0 Å². The van der Waals surface area contributed by atoms with Crippen LogP contribution in [0.3, 0.4) is 0 Å². The van der Waals surface area contributed by atoms with Crippen LogP contribution in [-0.4, -0.2) is 5.96 Å². The van der Waals surface area contributed by atoms with Crippen molar-refractivity contribution in [2.24, 2.45) is 10.7 Å². The van der Waals surface area contributed by atoms with E-state index in [2.05, 4.69) is 40.6 Å². The molecule has 0 atom stereocenters. The second kappa shape index (κ2) is 6.44. The molecule has 3 N–H and O–H groups in total. The number of nitrogens with one attached hydrogen (secondary N) is 1. The van der Waals surface area contributed by atoms with Gasteiger partial charge in [-0.2, -0.15) is 0 Å². The third kappa shape index (κ3) is 3.43. The summed E-state index contributed by atoms with van der Waals surface area (Å²) in [6.07, 6.45) is 4.84. The van der Waals surface area contributed by atoms with Gasteiger partial charge in [0.05, 0.1) is 6.54 Å². The monoisotopic (exact) mass is 279 g/mol. The van der Waals surface area contributed by atoms with Gasteiger partial charge in [-0.1, -0.05) is 42.5 Å². The van der Waals surface area contributed by atoms with Gasteiger partial charge in [0, 0.05) is 5.69 Å². The molecule has 0 saturated heterocycles. The summed E-state index contributed by atoms with van der Waals surface area (Å²) in [6, 6.07) is 16.6. The van der Waals surface area contributed by atoms with Gasteiger partial charge in [0.2, 0.25) is 0 Å². The number of fused-ring (bicyclic) bond motifs is 1. The van der Waals surface area contributed by atoms with Gasteiger partial charge in [-0.15, -0.1) is 0 Å². The zero-order chi connectivity index (χ0) is 14.5. The average Bonchev–Trinajstić information content (AvgIpc) is 2.54. The first-order valence-corrected chi connectivity index (χ1v) is 7.54. The molecule has 3 heteroatoms. The van der Waals surface area contributed by atoms with E-state index >= 15 is 0 Å². The Kier molecular flexibility index (Phi) is 4.20. The predicted octanol–water partition coefficient (Wildman–Crippen LogP) is 3.49. The van der Waals surface area contributed by atoms with Crippen LogP contribution in [0.4, 0.5) is 5.69 Å². The van der Waals surface area contributed by atoms with E-state index in [1.807, 2.05) is 18.2 Å². The summed E-state index contributed by atoms with van der Waals surface area (Å²) in [5.41, 5.74) is 11.2. The van der Waals surface area contributed by atoms with Gasteiger partial charge in [0.25, 0.3) is 0 Å². The smallest absolute Gasteiger partial charge is 0.193 e. The highest BCUT2D eigenvalue weighted by atomic mass is 15.1. The molecule has 0 heterocycles. The fourth-order valence-corrected chi connectivity index (χ4v) is 2.84. The number of anilines is 1. The Labute approximate surface area is 125 Å². The fraction of sp³-hybridized carbons (Fsp3) is 0.278. The Morgan fingerprint density at radius 3 is 2.67 bits per heavy atom. The van der Waals surface area contributed by atoms with E-state index in [-0.39, 0.29) is 0 Å². The third-order valence-corrected chi connectivity index (χ3v) is 3.93. The van der Waals surface area contributed by atoms with Gasteiger partial charge in [-0.05, 0) is 48.4 Å². The van der Waals surface area contributed by atoms with Crippen LogP contribution in [-0.2, 0) is 19.4 Å². The molecule has 0 saturated carbocycles. The Hall–Kier alpha value is -2.29. The maximum absolute atomic E-state index is 6.03. The third-order valence-electron chi connectivity index (χ3n) is 3.93. The van der Waals surface area contributed by atoms with Crippen LogP contribution in [0.25, 0.3) is 0 Å². The normalized spacial score (nSPS) is 14.6. The van der Waals surface area contributed by atoms with E-state index in [0.29, 0.717) is 12.5 Å². The van der Waals surface area contributed by atoms with Crippen LogP contribution >= 0.6 is 0 Å². The van der Waals surface area contributed by atoms with E-state index in [0.717, 1.165) is 17.7 Å². The van der Waals surface area contributed by atoms with Crippen molar-refractivity contribution in [3.05, 3.63) is 65.2 Å². The number of benzene rings is 2. The fourth-order valence-electron chi connectivity index (χ4n) is 2.84. The lowest BCUT2D eigenvalue weighted by Crippen LogP contribution is -2.24. The van der Waals surface area contributed by atoms with Gasteiger partial charge < -0.3 is 11.1 Å². The number of aliphatic imine (C=N–C) groups is 1. The van der Waals surface area contributed by atoms with Crippen LogP contribution in [0, 0.1) is 0 Å². The van der Waals surface area contributed by atoms with Crippen molar-refractivity contribution in [3.63, 3.8) is 0 Å². The quantitative estimate of drug-likeness (QED) is 0.667. The molecular formula is C18H21N3. The van der Waals surface area contributed by atoms with Gasteiger partial charge in [0.15, 0.2) is 5.96 Å². The molecule has 2 aromatic carbocycles. The lowest BCUT2D eigenvalue weighted by Gasteiger charge is -2.19. The summed E-state index contributed by atoms with van der Waals surface area (Å²) in [5.74, 6) is 0.484. The lowest BCUT2D eigenvalue weighted by atomic mass is 9.90. The van der Waals surface area contributed by atoms with Gasteiger partial charge in [-0.25, -0.2) is 4.99 Å². The zero-order valence-corrected chi connectivity index (χ0v) is 12.2. The number of hydrogen-bond donors (Lipinski definition) is 2. The number of nitrogens with two attached hydrogens (primary N) is 1. The minimum atomic E-state index is 0.484. The molecule has 108 valence electrons. The molecule has 0 aliphatic heterocycles. The molecule has 1 aliphatic carbocycles. The first-order chi connectivity index (χ1) is 10.3. The first kappa shape index (κ1) is 13.7. The van der Waals surface area contributed by atoms with Crippen molar-refractivity contribution < 1.29 is 0 Å². The van der Waals surface area contributed by atoms with Gasteiger partial charge in [-0.3, -0.25) is 0 Å². The van der Waals surface area contributed by atoms with Crippen molar-refractivity contribution in [3.8, 4) is 0 Å². The van der Waals surface area contributed by atoms with E-state index in [9.17, 15) is 0 Å². The summed E-state index contributed by atoms with van der Waals surface area (Å²) in [4.78, 5) is 4.42. The van der Waals surface area contributed by atoms with Crippen LogP contribution in [0.15, 0.2) is 53.5 Å². The molecule has 3 rings (SSSR count). The maximum Gasteiger partial charge on any atom is 0.193 e. The minimum absolute atomic E-state index is 0.484.